The molecule has 0 N–H and O–H groups in total. The lowest BCUT2D eigenvalue weighted by Crippen LogP contribution is -1.75. The Morgan fingerprint density at radius 2 is 2.57 bits per heavy atom. The van der Waals surface area contributed by atoms with Crippen molar-refractivity contribution < 1.29 is 0 Å². The van der Waals surface area contributed by atoms with Gasteiger partial charge in [0, 0.05) is 0 Å². The van der Waals surface area contributed by atoms with Gasteiger partial charge < -0.3 is 0 Å². The molecule has 0 aliphatic heterocycles. The summed E-state index contributed by atoms with van der Waals surface area (Å²) in [5, 5.41) is 1.91. The molecule has 2 radical (unpaired) electrons. The molecular formula is C5H10SSi. The molecule has 7 heavy (non-hydrogen) atoms. The van der Waals surface area contributed by atoms with E-state index in [0.29, 0.717) is 0 Å². The van der Waals surface area contributed by atoms with Crippen LogP contribution in [-0.4, -0.2) is 8.67 Å². The Kier molecular flexibility index (Phi) is 6.58. The average Bonchev–Trinajstić information content (AvgIpc) is 1.69. The molecule has 0 saturated heterocycles. The Hall–Kier alpha value is 0.307. The molecule has 0 spiro atoms. The molecule has 0 heterocycles. The Labute approximate surface area is 51.9 Å². The van der Waals surface area contributed by atoms with Crippen molar-refractivity contribution in [2.75, 3.05) is 0 Å². The molecule has 0 aromatic carbocycles. The van der Waals surface area contributed by atoms with Crippen LogP contribution in [0.1, 0.15) is 13.3 Å². The highest BCUT2D eigenvalue weighted by molar-refractivity contribution is 8.24. The highest BCUT2D eigenvalue weighted by atomic mass is 32.4. The van der Waals surface area contributed by atoms with E-state index in [0.717, 1.165) is 8.67 Å². The van der Waals surface area contributed by atoms with Crippen LogP contribution in [0.25, 0.3) is 0 Å². The zero-order chi connectivity index (χ0) is 5.54. The predicted octanol–water partition coefficient (Wildman–Crippen LogP) is 2.31. The van der Waals surface area contributed by atoms with Crippen molar-refractivity contribution in [1.29, 1.82) is 0 Å². The topological polar surface area (TPSA) is 0 Å². The normalized spacial score (nSPS) is 8.71. The van der Waals surface area contributed by atoms with Crippen LogP contribution >= 0.6 is 11.2 Å². The third kappa shape index (κ3) is 6.31. The summed E-state index contributed by atoms with van der Waals surface area (Å²) in [6.07, 6.45) is 1.30. The standard InChI is InChI=1S/C5H10SSi/c1-3-5-7-6-4-2/h4H,2-3,5H2,1H3. The lowest BCUT2D eigenvalue weighted by atomic mass is 10.6. The van der Waals surface area contributed by atoms with Crippen LogP contribution in [0.5, 0.6) is 0 Å². The van der Waals surface area contributed by atoms with Gasteiger partial charge >= 0.3 is 0 Å². The molecule has 0 aromatic heterocycles. The van der Waals surface area contributed by atoms with Crippen LogP contribution in [0.2, 0.25) is 6.04 Å². The van der Waals surface area contributed by atoms with Crippen molar-refractivity contribution in [1.82, 2.24) is 0 Å². The second-order valence-electron chi connectivity index (χ2n) is 1.18. The molecule has 40 valence electrons. The van der Waals surface area contributed by atoms with Crippen LogP contribution in [0.4, 0.5) is 0 Å². The molecule has 2 heteroatoms. The summed E-state index contributed by atoms with van der Waals surface area (Å²) in [7, 11) is 1.03. The van der Waals surface area contributed by atoms with E-state index in [2.05, 4.69) is 13.5 Å². The first-order valence-electron chi connectivity index (χ1n) is 2.41. The molecule has 0 amide bonds. The van der Waals surface area contributed by atoms with Gasteiger partial charge in [0.15, 0.2) is 0 Å². The molecule has 0 unspecified atom stereocenters. The maximum atomic E-state index is 3.60. The maximum absolute atomic E-state index is 3.60. The molecule has 0 nitrogen and oxygen atoms in total. The van der Waals surface area contributed by atoms with Gasteiger partial charge in [-0.2, -0.15) is 11.2 Å². The zero-order valence-corrected chi connectivity index (χ0v) is 6.42. The SMILES string of the molecule is C=CS[Si]CCC. The van der Waals surface area contributed by atoms with E-state index in [4.69, 9.17) is 0 Å². The maximum Gasteiger partial charge on any atom is 0.129 e. The first-order chi connectivity index (χ1) is 3.41. The van der Waals surface area contributed by atoms with Crippen LogP contribution in [-0.2, 0) is 0 Å². The Morgan fingerprint density at radius 1 is 1.86 bits per heavy atom. The summed E-state index contributed by atoms with van der Waals surface area (Å²) in [4.78, 5) is 0. The number of hydrogen-bond donors (Lipinski definition) is 0. The Bertz CT molecular complexity index is 45.3. The van der Waals surface area contributed by atoms with E-state index in [-0.39, 0.29) is 0 Å². The van der Waals surface area contributed by atoms with Gasteiger partial charge in [0.2, 0.25) is 0 Å². The number of hydrogen-bond acceptors (Lipinski definition) is 1. The van der Waals surface area contributed by atoms with E-state index < -0.39 is 0 Å². The molecule has 0 aliphatic rings. The minimum atomic E-state index is 1.03. The molecule has 0 aromatic rings. The fourth-order valence-corrected chi connectivity index (χ4v) is 1.98. The first kappa shape index (κ1) is 7.31. The second-order valence-corrected chi connectivity index (χ2v) is 4.11. The fourth-order valence-electron chi connectivity index (χ4n) is 0.220. The van der Waals surface area contributed by atoms with Crippen LogP contribution in [0.3, 0.4) is 0 Å². The van der Waals surface area contributed by atoms with E-state index in [9.17, 15) is 0 Å². The van der Waals surface area contributed by atoms with Gasteiger partial charge in [0.25, 0.3) is 0 Å². The molecule has 0 aliphatic carbocycles. The first-order valence-corrected chi connectivity index (χ1v) is 5.22. The van der Waals surface area contributed by atoms with Gasteiger partial charge in [-0.15, -0.1) is 0 Å². The summed E-state index contributed by atoms with van der Waals surface area (Å²) >= 11 is 1.82. The smallest absolute Gasteiger partial charge is 0.129 e. The monoisotopic (exact) mass is 130 g/mol. The van der Waals surface area contributed by atoms with Gasteiger partial charge in [-0.25, -0.2) is 0 Å². The Balaban J connectivity index is 2.56. The lowest BCUT2D eigenvalue weighted by Gasteiger charge is -1.85. The van der Waals surface area contributed by atoms with E-state index >= 15 is 0 Å². The minimum Gasteiger partial charge on any atom is -0.164 e. The zero-order valence-electron chi connectivity index (χ0n) is 4.61. The molecule has 0 saturated carbocycles. The fraction of sp³-hybridized carbons (Fsp3) is 0.600. The van der Waals surface area contributed by atoms with E-state index in [1.807, 2.05) is 16.6 Å². The molecular weight excluding hydrogens is 120 g/mol. The van der Waals surface area contributed by atoms with Crippen molar-refractivity contribution in [3.05, 3.63) is 12.0 Å². The predicted molar refractivity (Wildman–Crippen MR) is 38.6 cm³/mol. The van der Waals surface area contributed by atoms with Gasteiger partial charge in [-0.1, -0.05) is 26.0 Å². The molecule has 0 atom stereocenters. The highest BCUT2D eigenvalue weighted by Gasteiger charge is 1.80. The quantitative estimate of drug-likeness (QED) is 0.416. The summed E-state index contributed by atoms with van der Waals surface area (Å²) < 4.78 is 0. The van der Waals surface area contributed by atoms with Crippen LogP contribution < -0.4 is 0 Å². The van der Waals surface area contributed by atoms with Crippen molar-refractivity contribution in [2.45, 2.75) is 19.4 Å². The molecule has 0 bridgehead atoms. The third-order valence-corrected chi connectivity index (χ3v) is 3.17. The highest BCUT2D eigenvalue weighted by Crippen LogP contribution is 2.00. The molecule has 0 fully saturated rings. The summed E-state index contributed by atoms with van der Waals surface area (Å²) in [5.41, 5.74) is 0. The summed E-state index contributed by atoms with van der Waals surface area (Å²) in [6, 6.07) is 1.34. The van der Waals surface area contributed by atoms with Crippen molar-refractivity contribution in [2.24, 2.45) is 0 Å². The summed E-state index contributed by atoms with van der Waals surface area (Å²) in [6.45, 7) is 5.81. The van der Waals surface area contributed by atoms with Crippen molar-refractivity contribution in [3.63, 3.8) is 0 Å². The van der Waals surface area contributed by atoms with Gasteiger partial charge in [0.05, 0.1) is 0 Å². The van der Waals surface area contributed by atoms with Gasteiger partial charge in [-0.3, -0.25) is 0 Å². The van der Waals surface area contributed by atoms with Crippen LogP contribution in [0.15, 0.2) is 12.0 Å². The molecule has 0 rings (SSSR count). The summed E-state index contributed by atoms with van der Waals surface area (Å²) in [5.74, 6) is 0. The van der Waals surface area contributed by atoms with Gasteiger partial charge in [0.1, 0.15) is 8.67 Å². The van der Waals surface area contributed by atoms with Gasteiger partial charge in [-0.05, 0) is 5.41 Å². The lowest BCUT2D eigenvalue weighted by molar-refractivity contribution is 1.08. The minimum absolute atomic E-state index is 1.03. The average molecular weight is 130 g/mol. The van der Waals surface area contributed by atoms with E-state index in [1.54, 1.807) is 0 Å². The number of rotatable bonds is 4. The van der Waals surface area contributed by atoms with Crippen molar-refractivity contribution >= 4 is 19.9 Å². The third-order valence-electron chi connectivity index (χ3n) is 0.519. The largest absolute Gasteiger partial charge is 0.164 e. The second kappa shape index (κ2) is 6.31. The van der Waals surface area contributed by atoms with Crippen LogP contribution in [0, 0.1) is 0 Å². The van der Waals surface area contributed by atoms with E-state index in [1.165, 1.54) is 12.5 Å². The Morgan fingerprint density at radius 3 is 3.00 bits per heavy atom. The van der Waals surface area contributed by atoms with Crippen molar-refractivity contribution in [3.8, 4) is 0 Å².